The first kappa shape index (κ1) is 25.8. The van der Waals surface area contributed by atoms with E-state index in [4.69, 9.17) is 19.8 Å². The highest BCUT2D eigenvalue weighted by atomic mass is 19.4. The van der Waals surface area contributed by atoms with Gasteiger partial charge >= 0.3 is 18.1 Å². The molecule has 3 rings (SSSR count). The number of carboxylic acid groups (broad SMARTS) is 2. The normalized spacial score (nSPS) is 14.3. The molecule has 0 atom stereocenters. The van der Waals surface area contributed by atoms with Crippen molar-refractivity contribution < 1.29 is 37.8 Å². The first-order valence-electron chi connectivity index (χ1n) is 10.0. The summed E-state index contributed by atoms with van der Waals surface area (Å²) in [5, 5.41) is 21.3. The number of nitrogens with zero attached hydrogens (tertiary/aromatic N) is 4. The largest absolute Gasteiger partial charge is 0.473 e. The number of amides is 1. The number of likely N-dealkylation sites (N-methyl/N-ethyl adjacent to an activating group) is 1. The summed E-state index contributed by atoms with van der Waals surface area (Å²) in [5.41, 5.74) is -0.450. The summed E-state index contributed by atoms with van der Waals surface area (Å²) in [4.78, 5) is 36.4. The van der Waals surface area contributed by atoms with Crippen molar-refractivity contribution in [1.82, 2.24) is 19.7 Å². The van der Waals surface area contributed by atoms with Gasteiger partial charge in [-0.1, -0.05) is 19.3 Å². The first-order chi connectivity index (χ1) is 15.5. The third-order valence-electron chi connectivity index (χ3n) is 5.04. The molecule has 1 heterocycles. The number of aliphatic carboxylic acids is 2. The van der Waals surface area contributed by atoms with Crippen LogP contribution in [0.15, 0.2) is 30.9 Å². The molecule has 0 radical (unpaired) electrons. The molecule has 1 aliphatic carbocycles. The molecule has 10 nitrogen and oxygen atoms in total. The first-order valence-corrected chi connectivity index (χ1v) is 10.0. The fourth-order valence-electron chi connectivity index (χ4n) is 3.41. The third-order valence-corrected chi connectivity index (χ3v) is 5.04. The average Bonchev–Trinajstić information content (AvgIpc) is 3.28. The number of halogens is 3. The van der Waals surface area contributed by atoms with E-state index in [1.165, 1.54) is 29.8 Å². The van der Waals surface area contributed by atoms with Gasteiger partial charge in [-0.05, 0) is 38.1 Å². The Kier molecular flexibility index (Phi) is 8.91. The molecule has 180 valence electrons. The maximum Gasteiger partial charge on any atom is 0.416 e. The lowest BCUT2D eigenvalue weighted by Crippen LogP contribution is -2.39. The van der Waals surface area contributed by atoms with Crippen LogP contribution in [-0.4, -0.2) is 67.4 Å². The fraction of sp³-hybridized carbons (Fsp3) is 0.450. The highest BCUT2D eigenvalue weighted by molar-refractivity contribution is 6.27. The Morgan fingerprint density at radius 3 is 2.30 bits per heavy atom. The Morgan fingerprint density at radius 1 is 1.15 bits per heavy atom. The van der Waals surface area contributed by atoms with Gasteiger partial charge in [0.15, 0.2) is 0 Å². The minimum atomic E-state index is -4.50. The molecule has 0 bridgehead atoms. The highest BCUT2D eigenvalue weighted by Crippen LogP contribution is 2.33. The number of benzene rings is 1. The molecular weight excluding hydrogens is 447 g/mol. The molecule has 1 saturated carbocycles. The van der Waals surface area contributed by atoms with Gasteiger partial charge in [0.1, 0.15) is 12.7 Å². The molecule has 1 amide bonds. The molecule has 1 aromatic carbocycles. The molecule has 2 aromatic rings. The van der Waals surface area contributed by atoms with Crippen LogP contribution in [0.3, 0.4) is 0 Å². The molecule has 0 saturated heterocycles. The van der Waals surface area contributed by atoms with Gasteiger partial charge < -0.3 is 15.5 Å². The lowest BCUT2D eigenvalue weighted by atomic mass is 9.94. The molecule has 1 fully saturated rings. The van der Waals surface area contributed by atoms with Crippen LogP contribution in [0, 0.1) is 0 Å². The fourth-order valence-corrected chi connectivity index (χ4v) is 3.41. The average molecular weight is 471 g/mol. The number of carboxylic acids is 2. The van der Waals surface area contributed by atoms with Crippen molar-refractivity contribution in [3.05, 3.63) is 36.4 Å². The Balaban J connectivity index is 0.000000569. The molecule has 3 N–H and O–H groups in total. The predicted octanol–water partition coefficient (Wildman–Crippen LogP) is 2.64. The van der Waals surface area contributed by atoms with Crippen LogP contribution >= 0.6 is 0 Å². The number of carbonyl (C=O) groups is 3. The maximum atomic E-state index is 13.1. The molecule has 13 heteroatoms. The number of alkyl halides is 3. The highest BCUT2D eigenvalue weighted by Gasteiger charge is 2.31. The second-order valence-electron chi connectivity index (χ2n) is 7.44. The number of anilines is 1. The van der Waals surface area contributed by atoms with E-state index >= 15 is 0 Å². The Hall–Kier alpha value is -3.48. The van der Waals surface area contributed by atoms with Crippen molar-refractivity contribution in [1.29, 1.82) is 0 Å². The Morgan fingerprint density at radius 2 is 1.79 bits per heavy atom. The molecule has 1 aliphatic rings. The minimum Gasteiger partial charge on any atom is -0.473 e. The lowest BCUT2D eigenvalue weighted by molar-refractivity contribution is -0.159. The van der Waals surface area contributed by atoms with E-state index in [0.717, 1.165) is 37.8 Å². The summed E-state index contributed by atoms with van der Waals surface area (Å²) in [6.45, 7) is 0.123. The van der Waals surface area contributed by atoms with Gasteiger partial charge in [-0.25, -0.2) is 19.3 Å². The van der Waals surface area contributed by atoms with Crippen molar-refractivity contribution in [3.63, 3.8) is 0 Å². The van der Waals surface area contributed by atoms with Gasteiger partial charge in [-0.3, -0.25) is 9.69 Å². The van der Waals surface area contributed by atoms with Crippen LogP contribution in [0.2, 0.25) is 0 Å². The van der Waals surface area contributed by atoms with E-state index in [9.17, 15) is 18.0 Å². The summed E-state index contributed by atoms with van der Waals surface area (Å²) < 4.78 is 40.6. The predicted molar refractivity (Wildman–Crippen MR) is 110 cm³/mol. The van der Waals surface area contributed by atoms with E-state index in [2.05, 4.69) is 15.4 Å². The van der Waals surface area contributed by atoms with Crippen LogP contribution in [0.25, 0.3) is 5.69 Å². The topological polar surface area (TPSA) is 138 Å². The smallest absolute Gasteiger partial charge is 0.416 e. The van der Waals surface area contributed by atoms with E-state index in [1.807, 2.05) is 11.9 Å². The number of aromatic nitrogens is 3. The monoisotopic (exact) mass is 471 g/mol. The number of nitrogens with one attached hydrogen (secondary N) is 1. The van der Waals surface area contributed by atoms with Crippen LogP contribution in [-0.2, 0) is 20.6 Å². The van der Waals surface area contributed by atoms with Gasteiger partial charge in [-0.2, -0.15) is 18.3 Å². The summed E-state index contributed by atoms with van der Waals surface area (Å²) in [6, 6.07) is 3.50. The van der Waals surface area contributed by atoms with E-state index < -0.39 is 23.7 Å². The van der Waals surface area contributed by atoms with Crippen LogP contribution in [0.1, 0.15) is 37.7 Å². The van der Waals surface area contributed by atoms with Crippen LogP contribution in [0.4, 0.5) is 18.9 Å². The molecule has 33 heavy (non-hydrogen) atoms. The zero-order chi connectivity index (χ0) is 24.6. The van der Waals surface area contributed by atoms with Crippen LogP contribution in [0.5, 0.6) is 0 Å². The number of hydrogen-bond donors (Lipinski definition) is 3. The molecule has 0 spiro atoms. The van der Waals surface area contributed by atoms with Gasteiger partial charge in [0.25, 0.3) is 0 Å². The third kappa shape index (κ3) is 7.86. The van der Waals surface area contributed by atoms with E-state index in [-0.39, 0.29) is 18.1 Å². The Labute approximate surface area is 187 Å². The van der Waals surface area contributed by atoms with Crippen molar-refractivity contribution >= 4 is 23.5 Å². The molecule has 1 aromatic heterocycles. The van der Waals surface area contributed by atoms with E-state index in [0.29, 0.717) is 11.7 Å². The maximum absolute atomic E-state index is 13.1. The Bertz CT molecular complexity index is 947. The zero-order valence-electron chi connectivity index (χ0n) is 17.7. The van der Waals surface area contributed by atoms with Gasteiger partial charge in [0.2, 0.25) is 5.91 Å². The lowest BCUT2D eigenvalue weighted by Gasteiger charge is -2.30. The van der Waals surface area contributed by atoms with E-state index in [1.54, 1.807) is 0 Å². The zero-order valence-corrected chi connectivity index (χ0v) is 17.7. The van der Waals surface area contributed by atoms with Crippen LogP contribution < -0.4 is 5.32 Å². The molecule has 0 aliphatic heterocycles. The van der Waals surface area contributed by atoms with Crippen molar-refractivity contribution in [2.45, 2.75) is 44.3 Å². The summed E-state index contributed by atoms with van der Waals surface area (Å²) >= 11 is 0. The standard InChI is InChI=1S/C18H22F3N5O.C2H2O4/c1-25(14-5-3-2-4-6-14)10-17(27)24-15-9-13(18(19,20)21)7-8-16(15)26-12-22-11-23-26;3-1(4)2(5)6/h7-9,11-12,14H,2-6,10H2,1H3,(H,24,27);(H,3,4)(H,5,6). The number of rotatable bonds is 5. The van der Waals surface area contributed by atoms with Crippen molar-refractivity contribution in [3.8, 4) is 5.69 Å². The summed E-state index contributed by atoms with van der Waals surface area (Å²) in [7, 11) is 1.88. The molecular formula is C20H24F3N5O5. The second-order valence-corrected chi connectivity index (χ2v) is 7.44. The number of carbonyl (C=O) groups excluding carboxylic acids is 1. The van der Waals surface area contributed by atoms with Crippen molar-refractivity contribution in [2.24, 2.45) is 0 Å². The van der Waals surface area contributed by atoms with Gasteiger partial charge in [0, 0.05) is 6.04 Å². The van der Waals surface area contributed by atoms with Gasteiger partial charge in [-0.15, -0.1) is 0 Å². The van der Waals surface area contributed by atoms with Crippen molar-refractivity contribution in [2.75, 3.05) is 18.9 Å². The quantitative estimate of drug-likeness (QED) is 0.566. The van der Waals surface area contributed by atoms with Gasteiger partial charge in [0.05, 0.1) is 23.5 Å². The molecule has 0 unspecified atom stereocenters. The number of hydrogen-bond acceptors (Lipinski definition) is 6. The SMILES string of the molecule is CN(CC(=O)Nc1cc(C(F)(F)F)ccc1-n1cncn1)C1CCCCC1.O=C(O)C(=O)O. The second kappa shape index (κ2) is 11.4. The summed E-state index contributed by atoms with van der Waals surface area (Å²) in [5.74, 6) is -4.01. The minimum absolute atomic E-state index is 0.0531. The summed E-state index contributed by atoms with van der Waals surface area (Å²) in [6.07, 6.45) is 3.71.